The molecular formula is C16H19NO2. The molecule has 1 aromatic carbocycles. The van der Waals surface area contributed by atoms with E-state index in [0.29, 0.717) is 6.42 Å². The molecule has 0 spiro atoms. The number of aryl methyl sites for hydroxylation is 1. The first kappa shape index (κ1) is 12.3. The van der Waals surface area contributed by atoms with Gasteiger partial charge in [0.1, 0.15) is 0 Å². The predicted molar refractivity (Wildman–Crippen MR) is 75.3 cm³/mol. The number of hydrogen-bond acceptors (Lipinski definition) is 1. The number of H-pyrrole nitrogens is 1. The molecule has 0 unspecified atom stereocenters. The maximum absolute atomic E-state index is 11.7. The highest BCUT2D eigenvalue weighted by Crippen LogP contribution is 2.42. The third-order valence-electron chi connectivity index (χ3n) is 4.56. The number of rotatable bonds is 3. The third-order valence-corrected chi connectivity index (χ3v) is 4.56. The summed E-state index contributed by atoms with van der Waals surface area (Å²) in [5.41, 5.74) is 2.84. The van der Waals surface area contributed by atoms with E-state index in [1.54, 1.807) is 0 Å². The second kappa shape index (κ2) is 4.41. The van der Waals surface area contributed by atoms with Crippen LogP contribution in [0, 0.1) is 12.3 Å². The van der Waals surface area contributed by atoms with E-state index in [0.717, 1.165) is 36.9 Å². The van der Waals surface area contributed by atoms with Crippen molar-refractivity contribution in [2.24, 2.45) is 5.41 Å². The number of carboxylic acid groups (broad SMARTS) is 1. The molecule has 1 saturated carbocycles. The number of benzene rings is 1. The average Bonchev–Trinajstić information content (AvgIpc) is 2.97. The smallest absolute Gasteiger partial charge is 0.309 e. The molecule has 3 nitrogen and oxygen atoms in total. The Morgan fingerprint density at radius 3 is 2.68 bits per heavy atom. The lowest BCUT2D eigenvalue weighted by molar-refractivity contribution is -0.148. The fourth-order valence-electron chi connectivity index (χ4n) is 3.42. The summed E-state index contributed by atoms with van der Waals surface area (Å²) >= 11 is 0. The minimum Gasteiger partial charge on any atom is -0.481 e. The molecular weight excluding hydrogens is 238 g/mol. The van der Waals surface area contributed by atoms with Crippen molar-refractivity contribution in [3.63, 3.8) is 0 Å². The van der Waals surface area contributed by atoms with Crippen molar-refractivity contribution in [1.29, 1.82) is 0 Å². The van der Waals surface area contributed by atoms with Crippen LogP contribution in [0.5, 0.6) is 0 Å². The van der Waals surface area contributed by atoms with Crippen LogP contribution < -0.4 is 0 Å². The van der Waals surface area contributed by atoms with Crippen molar-refractivity contribution in [1.82, 2.24) is 4.98 Å². The molecule has 0 atom stereocenters. The Balaban J connectivity index is 2.05. The first-order valence-electron chi connectivity index (χ1n) is 6.92. The van der Waals surface area contributed by atoms with Crippen molar-refractivity contribution in [2.75, 3.05) is 0 Å². The number of aliphatic carboxylic acids is 1. The Hall–Kier alpha value is -1.77. The van der Waals surface area contributed by atoms with Gasteiger partial charge in [0.25, 0.3) is 0 Å². The van der Waals surface area contributed by atoms with Crippen molar-refractivity contribution in [2.45, 2.75) is 39.0 Å². The largest absolute Gasteiger partial charge is 0.481 e. The van der Waals surface area contributed by atoms with Crippen molar-refractivity contribution < 1.29 is 9.90 Å². The number of carbonyl (C=O) groups is 1. The monoisotopic (exact) mass is 257 g/mol. The predicted octanol–water partition coefficient (Wildman–Crippen LogP) is 3.66. The molecule has 0 bridgehead atoms. The van der Waals surface area contributed by atoms with Gasteiger partial charge in [-0.2, -0.15) is 0 Å². The molecule has 2 aromatic rings. The van der Waals surface area contributed by atoms with Crippen LogP contribution in [0.1, 0.15) is 36.9 Å². The minimum absolute atomic E-state index is 0.546. The normalized spacial score (nSPS) is 17.9. The lowest BCUT2D eigenvalue weighted by Gasteiger charge is -2.23. The highest BCUT2D eigenvalue weighted by Gasteiger charge is 2.41. The summed E-state index contributed by atoms with van der Waals surface area (Å²) in [6, 6.07) is 8.15. The second-order valence-corrected chi connectivity index (χ2v) is 5.74. The van der Waals surface area contributed by atoms with Crippen LogP contribution in [0.2, 0.25) is 0 Å². The molecule has 0 radical (unpaired) electrons. The fraction of sp³-hybridized carbons (Fsp3) is 0.438. The molecule has 1 heterocycles. The van der Waals surface area contributed by atoms with Crippen LogP contribution in [-0.2, 0) is 11.2 Å². The Bertz CT molecular complexity index is 621. The van der Waals surface area contributed by atoms with E-state index >= 15 is 0 Å². The summed E-state index contributed by atoms with van der Waals surface area (Å²) in [4.78, 5) is 15.1. The van der Waals surface area contributed by atoms with Crippen LogP contribution in [0.25, 0.3) is 10.9 Å². The molecule has 19 heavy (non-hydrogen) atoms. The van der Waals surface area contributed by atoms with Gasteiger partial charge in [-0.15, -0.1) is 0 Å². The topological polar surface area (TPSA) is 53.1 Å². The van der Waals surface area contributed by atoms with Gasteiger partial charge >= 0.3 is 5.97 Å². The van der Waals surface area contributed by atoms with E-state index in [2.05, 4.69) is 11.1 Å². The zero-order chi connectivity index (χ0) is 13.5. The molecule has 2 N–H and O–H groups in total. The number of aromatic nitrogens is 1. The molecule has 3 rings (SSSR count). The van der Waals surface area contributed by atoms with Crippen LogP contribution in [0.4, 0.5) is 0 Å². The van der Waals surface area contributed by atoms with Crippen LogP contribution in [-0.4, -0.2) is 16.1 Å². The molecule has 1 aliphatic rings. The van der Waals surface area contributed by atoms with E-state index in [1.165, 1.54) is 10.9 Å². The number of hydrogen-bond donors (Lipinski definition) is 2. The Morgan fingerprint density at radius 2 is 2.00 bits per heavy atom. The van der Waals surface area contributed by atoms with Gasteiger partial charge in [-0.1, -0.05) is 31.0 Å². The van der Waals surface area contributed by atoms with E-state index in [1.807, 2.05) is 25.1 Å². The van der Waals surface area contributed by atoms with Gasteiger partial charge in [0.15, 0.2) is 0 Å². The van der Waals surface area contributed by atoms with E-state index < -0.39 is 11.4 Å². The Kier molecular flexibility index (Phi) is 2.85. The number of fused-ring (bicyclic) bond motifs is 1. The van der Waals surface area contributed by atoms with Gasteiger partial charge in [-0.3, -0.25) is 4.79 Å². The number of nitrogens with one attached hydrogen (secondary N) is 1. The van der Waals surface area contributed by atoms with Crippen LogP contribution in [0.3, 0.4) is 0 Å². The maximum Gasteiger partial charge on any atom is 0.309 e. The third kappa shape index (κ3) is 1.93. The lowest BCUT2D eigenvalue weighted by Crippen LogP contribution is -2.30. The van der Waals surface area contributed by atoms with Crippen molar-refractivity contribution in [3.05, 3.63) is 35.5 Å². The summed E-state index contributed by atoms with van der Waals surface area (Å²) in [7, 11) is 0. The van der Waals surface area contributed by atoms with Crippen LogP contribution >= 0.6 is 0 Å². The second-order valence-electron chi connectivity index (χ2n) is 5.74. The highest BCUT2D eigenvalue weighted by molar-refractivity contribution is 5.86. The molecule has 0 saturated heterocycles. The van der Waals surface area contributed by atoms with Gasteiger partial charge in [-0.25, -0.2) is 0 Å². The molecule has 0 aliphatic heterocycles. The van der Waals surface area contributed by atoms with Gasteiger partial charge in [0, 0.05) is 16.6 Å². The van der Waals surface area contributed by atoms with Gasteiger partial charge in [0.05, 0.1) is 5.41 Å². The summed E-state index contributed by atoms with van der Waals surface area (Å²) < 4.78 is 0. The molecule has 1 fully saturated rings. The Labute approximate surface area is 112 Å². The minimum atomic E-state index is -0.630. The fourth-order valence-corrected chi connectivity index (χ4v) is 3.42. The van der Waals surface area contributed by atoms with Gasteiger partial charge in [-0.05, 0) is 37.8 Å². The quantitative estimate of drug-likeness (QED) is 0.881. The summed E-state index contributed by atoms with van der Waals surface area (Å²) in [6.45, 7) is 2.04. The molecule has 0 amide bonds. The number of carboxylic acids is 1. The first-order chi connectivity index (χ1) is 9.12. The van der Waals surface area contributed by atoms with Gasteiger partial charge < -0.3 is 10.1 Å². The van der Waals surface area contributed by atoms with Crippen LogP contribution in [0.15, 0.2) is 24.3 Å². The van der Waals surface area contributed by atoms with Crippen molar-refractivity contribution >= 4 is 16.9 Å². The summed E-state index contributed by atoms with van der Waals surface area (Å²) in [6.07, 6.45) is 4.34. The van der Waals surface area contributed by atoms with E-state index in [9.17, 15) is 9.90 Å². The van der Waals surface area contributed by atoms with E-state index in [-0.39, 0.29) is 0 Å². The maximum atomic E-state index is 11.7. The zero-order valence-corrected chi connectivity index (χ0v) is 11.2. The standard InChI is InChI=1S/C16H19NO2/c1-11-13(12-6-2-3-7-14(12)17-11)10-16(15(18)19)8-4-5-9-16/h2-3,6-7,17H,4-5,8-10H2,1H3,(H,18,19). The van der Waals surface area contributed by atoms with Gasteiger partial charge in [0.2, 0.25) is 0 Å². The molecule has 100 valence electrons. The lowest BCUT2D eigenvalue weighted by atomic mass is 9.79. The molecule has 1 aliphatic carbocycles. The average molecular weight is 257 g/mol. The number of para-hydroxylation sites is 1. The SMILES string of the molecule is Cc1[nH]c2ccccc2c1CC1(C(=O)O)CCCC1. The van der Waals surface area contributed by atoms with E-state index in [4.69, 9.17) is 0 Å². The van der Waals surface area contributed by atoms with Crippen molar-refractivity contribution in [3.8, 4) is 0 Å². The zero-order valence-electron chi connectivity index (χ0n) is 11.2. The molecule has 1 aromatic heterocycles. The molecule has 3 heteroatoms. The summed E-state index contributed by atoms with van der Waals surface area (Å²) in [5.74, 6) is -0.630. The first-order valence-corrected chi connectivity index (χ1v) is 6.92. The number of aromatic amines is 1. The highest BCUT2D eigenvalue weighted by atomic mass is 16.4. The Morgan fingerprint density at radius 1 is 1.32 bits per heavy atom. The summed E-state index contributed by atoms with van der Waals surface area (Å²) in [5, 5.41) is 10.8.